The molecule has 6 nitrogen and oxygen atoms in total. The quantitative estimate of drug-likeness (QED) is 0.832. The summed E-state index contributed by atoms with van der Waals surface area (Å²) in [5.41, 5.74) is 2.92. The maximum absolute atomic E-state index is 12.1. The van der Waals surface area contributed by atoms with Crippen LogP contribution >= 0.6 is 0 Å². The number of anilines is 2. The van der Waals surface area contributed by atoms with Crippen LogP contribution in [0.4, 0.5) is 11.4 Å². The summed E-state index contributed by atoms with van der Waals surface area (Å²) >= 11 is 0. The molecule has 0 fully saturated rings. The van der Waals surface area contributed by atoms with Crippen LogP contribution in [-0.2, 0) is 9.59 Å². The van der Waals surface area contributed by atoms with Gasteiger partial charge in [-0.25, -0.2) is 0 Å². The van der Waals surface area contributed by atoms with Gasteiger partial charge in [0.05, 0.1) is 0 Å². The highest BCUT2D eigenvalue weighted by Gasteiger charge is 2.18. The van der Waals surface area contributed by atoms with Crippen molar-refractivity contribution < 1.29 is 19.1 Å². The van der Waals surface area contributed by atoms with Crippen molar-refractivity contribution in [1.82, 2.24) is 0 Å². The van der Waals surface area contributed by atoms with Gasteiger partial charge in [0, 0.05) is 17.4 Å². The van der Waals surface area contributed by atoms with Crippen molar-refractivity contribution in [2.24, 2.45) is 0 Å². The van der Waals surface area contributed by atoms with Crippen molar-refractivity contribution in [3.63, 3.8) is 0 Å². The number of ether oxygens (including phenoxy) is 2. The first-order valence-corrected chi connectivity index (χ1v) is 7.63. The van der Waals surface area contributed by atoms with E-state index in [1.165, 1.54) is 0 Å². The highest BCUT2D eigenvalue weighted by Crippen LogP contribution is 2.32. The summed E-state index contributed by atoms with van der Waals surface area (Å²) in [6, 6.07) is 10.7. The second-order valence-corrected chi connectivity index (χ2v) is 5.53. The lowest BCUT2D eigenvalue weighted by molar-refractivity contribution is -0.133. The standard InChI is InChI=1S/C18H18N2O4/c1-11-4-3-5-12(2)16(11)20-18(22)17(21)19-13-6-7-14-15(10-13)24-9-8-23-14/h3-7,10H,8-9H2,1-2H3,(H,19,21)(H,20,22). The van der Waals surface area contributed by atoms with Crippen LogP contribution in [0.1, 0.15) is 11.1 Å². The Morgan fingerprint density at radius 3 is 2.21 bits per heavy atom. The van der Waals surface area contributed by atoms with Crippen LogP contribution in [0.3, 0.4) is 0 Å². The molecule has 6 heteroatoms. The molecule has 0 unspecified atom stereocenters. The van der Waals surface area contributed by atoms with Gasteiger partial charge in [-0.2, -0.15) is 0 Å². The first-order chi connectivity index (χ1) is 11.5. The molecule has 2 N–H and O–H groups in total. The Morgan fingerprint density at radius 2 is 1.50 bits per heavy atom. The molecule has 1 heterocycles. The fourth-order valence-electron chi connectivity index (χ4n) is 2.49. The monoisotopic (exact) mass is 326 g/mol. The summed E-state index contributed by atoms with van der Waals surface area (Å²) in [5, 5.41) is 5.22. The Balaban J connectivity index is 1.69. The molecule has 0 saturated heterocycles. The van der Waals surface area contributed by atoms with Crippen molar-refractivity contribution in [3.05, 3.63) is 47.5 Å². The van der Waals surface area contributed by atoms with Crippen molar-refractivity contribution >= 4 is 23.2 Å². The average Bonchev–Trinajstić information content (AvgIpc) is 2.58. The predicted molar refractivity (Wildman–Crippen MR) is 90.6 cm³/mol. The van der Waals surface area contributed by atoms with E-state index in [2.05, 4.69) is 10.6 Å². The molecule has 0 spiro atoms. The molecule has 0 atom stereocenters. The van der Waals surface area contributed by atoms with Crippen molar-refractivity contribution in [2.75, 3.05) is 23.8 Å². The first-order valence-electron chi connectivity index (χ1n) is 7.63. The van der Waals surface area contributed by atoms with E-state index in [-0.39, 0.29) is 0 Å². The predicted octanol–water partition coefficient (Wildman–Crippen LogP) is 2.65. The summed E-state index contributed by atoms with van der Waals surface area (Å²) in [4.78, 5) is 24.2. The molecular formula is C18H18N2O4. The van der Waals surface area contributed by atoms with Crippen LogP contribution in [0.2, 0.25) is 0 Å². The molecule has 2 aromatic rings. The summed E-state index contributed by atoms with van der Waals surface area (Å²) in [7, 11) is 0. The average molecular weight is 326 g/mol. The summed E-state index contributed by atoms with van der Waals surface area (Å²) < 4.78 is 10.9. The molecule has 1 aliphatic rings. The zero-order chi connectivity index (χ0) is 17.1. The molecule has 0 aliphatic carbocycles. The maximum Gasteiger partial charge on any atom is 0.314 e. The van der Waals surface area contributed by atoms with Gasteiger partial charge < -0.3 is 20.1 Å². The van der Waals surface area contributed by atoms with E-state index in [9.17, 15) is 9.59 Å². The molecule has 1 aliphatic heterocycles. The highest BCUT2D eigenvalue weighted by atomic mass is 16.6. The normalized spacial score (nSPS) is 12.4. The van der Waals surface area contributed by atoms with E-state index >= 15 is 0 Å². The number of benzene rings is 2. The smallest absolute Gasteiger partial charge is 0.314 e. The number of carbonyl (C=O) groups excluding carboxylic acids is 2. The molecule has 2 aromatic carbocycles. The minimum atomic E-state index is -0.741. The number of aryl methyl sites for hydroxylation is 2. The molecule has 0 aromatic heterocycles. The second-order valence-electron chi connectivity index (χ2n) is 5.53. The van der Waals surface area contributed by atoms with Crippen LogP contribution in [0.15, 0.2) is 36.4 Å². The van der Waals surface area contributed by atoms with Gasteiger partial charge in [-0.15, -0.1) is 0 Å². The van der Waals surface area contributed by atoms with Gasteiger partial charge in [0.25, 0.3) is 0 Å². The highest BCUT2D eigenvalue weighted by molar-refractivity contribution is 6.43. The molecule has 0 bridgehead atoms. The van der Waals surface area contributed by atoms with Crippen LogP contribution in [0.5, 0.6) is 11.5 Å². The van der Waals surface area contributed by atoms with Crippen LogP contribution in [-0.4, -0.2) is 25.0 Å². The van der Waals surface area contributed by atoms with Gasteiger partial charge in [0.2, 0.25) is 0 Å². The Morgan fingerprint density at radius 1 is 0.875 bits per heavy atom. The minimum absolute atomic E-state index is 0.456. The van der Waals surface area contributed by atoms with Crippen LogP contribution in [0.25, 0.3) is 0 Å². The minimum Gasteiger partial charge on any atom is -0.486 e. The fraction of sp³-hybridized carbons (Fsp3) is 0.222. The lowest BCUT2D eigenvalue weighted by atomic mass is 10.1. The summed E-state index contributed by atoms with van der Waals surface area (Å²) in [5.74, 6) is -0.287. The zero-order valence-corrected chi connectivity index (χ0v) is 13.5. The Hall–Kier alpha value is -3.02. The van der Waals surface area contributed by atoms with Crippen LogP contribution in [0, 0.1) is 13.8 Å². The van der Waals surface area contributed by atoms with E-state index in [1.807, 2.05) is 32.0 Å². The SMILES string of the molecule is Cc1cccc(C)c1NC(=O)C(=O)Nc1ccc2c(c1)OCCO2. The van der Waals surface area contributed by atoms with E-state index in [1.54, 1.807) is 18.2 Å². The Kier molecular flexibility index (Phi) is 4.37. The topological polar surface area (TPSA) is 76.7 Å². The van der Waals surface area contributed by atoms with Gasteiger partial charge in [-0.1, -0.05) is 18.2 Å². The van der Waals surface area contributed by atoms with Gasteiger partial charge in [-0.05, 0) is 37.1 Å². The third-order valence-corrected chi connectivity index (χ3v) is 3.73. The van der Waals surface area contributed by atoms with E-state index in [4.69, 9.17) is 9.47 Å². The zero-order valence-electron chi connectivity index (χ0n) is 13.5. The molecular weight excluding hydrogens is 308 g/mol. The number of rotatable bonds is 2. The summed E-state index contributed by atoms with van der Waals surface area (Å²) in [6.07, 6.45) is 0. The second kappa shape index (κ2) is 6.62. The number of amides is 2. The molecule has 24 heavy (non-hydrogen) atoms. The molecule has 2 amide bonds. The summed E-state index contributed by atoms with van der Waals surface area (Å²) in [6.45, 7) is 4.71. The van der Waals surface area contributed by atoms with Gasteiger partial charge in [-0.3, -0.25) is 9.59 Å². The number of nitrogens with one attached hydrogen (secondary N) is 2. The van der Waals surface area contributed by atoms with Crippen molar-refractivity contribution in [3.8, 4) is 11.5 Å². The first kappa shape index (κ1) is 15.9. The van der Waals surface area contributed by atoms with Gasteiger partial charge in [0.15, 0.2) is 11.5 Å². The fourth-order valence-corrected chi connectivity index (χ4v) is 2.49. The van der Waals surface area contributed by atoms with E-state index in [0.717, 1.165) is 11.1 Å². The van der Waals surface area contributed by atoms with Crippen molar-refractivity contribution in [1.29, 1.82) is 0 Å². The molecule has 124 valence electrons. The third-order valence-electron chi connectivity index (χ3n) is 3.73. The number of hydrogen-bond donors (Lipinski definition) is 2. The Labute approximate surface area is 139 Å². The number of hydrogen-bond acceptors (Lipinski definition) is 4. The lowest BCUT2D eigenvalue weighted by Crippen LogP contribution is -2.29. The maximum atomic E-state index is 12.1. The molecule has 0 radical (unpaired) electrons. The van der Waals surface area contributed by atoms with Gasteiger partial charge in [0.1, 0.15) is 13.2 Å². The third kappa shape index (κ3) is 3.32. The molecule has 3 rings (SSSR count). The number of fused-ring (bicyclic) bond motifs is 1. The van der Waals surface area contributed by atoms with Crippen molar-refractivity contribution in [2.45, 2.75) is 13.8 Å². The van der Waals surface area contributed by atoms with E-state index < -0.39 is 11.8 Å². The lowest BCUT2D eigenvalue weighted by Gasteiger charge is -2.19. The molecule has 0 saturated carbocycles. The van der Waals surface area contributed by atoms with Gasteiger partial charge >= 0.3 is 11.8 Å². The number of carbonyl (C=O) groups is 2. The number of para-hydroxylation sites is 1. The Bertz CT molecular complexity index is 781. The van der Waals surface area contributed by atoms with E-state index in [0.29, 0.717) is 36.1 Å². The largest absolute Gasteiger partial charge is 0.486 e. The van der Waals surface area contributed by atoms with Crippen LogP contribution < -0.4 is 20.1 Å².